The van der Waals surface area contributed by atoms with Gasteiger partial charge in [0.15, 0.2) is 0 Å². The van der Waals surface area contributed by atoms with Gasteiger partial charge in [-0.2, -0.15) is 0 Å². The molecule has 0 spiro atoms. The quantitative estimate of drug-likeness (QED) is 0.417. The highest BCUT2D eigenvalue weighted by molar-refractivity contribution is 7.92. The number of aromatic nitrogens is 2. The third-order valence-corrected chi connectivity index (χ3v) is 7.83. The second-order valence-electron chi connectivity index (χ2n) is 7.20. The van der Waals surface area contributed by atoms with Gasteiger partial charge in [-0.25, -0.2) is 22.5 Å². The van der Waals surface area contributed by atoms with Gasteiger partial charge in [-0.15, -0.1) is 11.3 Å². The average molecular weight is 476 g/mol. The van der Waals surface area contributed by atoms with Crippen LogP contribution in [-0.4, -0.2) is 23.7 Å². The fourth-order valence-electron chi connectivity index (χ4n) is 3.62. The van der Waals surface area contributed by atoms with Crippen LogP contribution in [0.1, 0.15) is 10.4 Å². The Labute approximate surface area is 193 Å². The van der Waals surface area contributed by atoms with Crippen LogP contribution in [0.15, 0.2) is 105 Å². The van der Waals surface area contributed by atoms with E-state index in [4.69, 9.17) is 0 Å². The van der Waals surface area contributed by atoms with Crippen LogP contribution in [0.2, 0.25) is 0 Å². The van der Waals surface area contributed by atoms with Crippen LogP contribution < -0.4 is 10.3 Å². The topological polar surface area (TPSA) is 90.2 Å². The molecule has 0 radical (unpaired) electrons. The first-order chi connectivity index (χ1) is 16.0. The number of carbonyl (C=O) groups excluding carboxylic acids is 1. The smallest absolute Gasteiger partial charge is 0.268 e. The molecule has 0 saturated carbocycles. The fraction of sp³-hybridized carbons (Fsp3) is 0. The standard InChI is InChI=1S/C24H17N3O4S2/c28-23(25-33(30,31)22-12-7-15-32-22)17-13-14-21-20(16-17)24(29)27(19-10-5-2-6-11-19)26(21)18-8-3-1-4-9-18/h1-16H,(H,25,28). The van der Waals surface area contributed by atoms with Crippen LogP contribution >= 0.6 is 11.3 Å². The van der Waals surface area contributed by atoms with E-state index in [9.17, 15) is 18.0 Å². The van der Waals surface area contributed by atoms with Crippen LogP contribution in [0.5, 0.6) is 0 Å². The Bertz CT molecular complexity index is 1620. The first-order valence-corrected chi connectivity index (χ1v) is 12.3. The van der Waals surface area contributed by atoms with E-state index in [0.717, 1.165) is 17.0 Å². The van der Waals surface area contributed by atoms with Gasteiger partial charge in [-0.3, -0.25) is 9.59 Å². The molecule has 2 heterocycles. The van der Waals surface area contributed by atoms with E-state index < -0.39 is 15.9 Å². The number of thiophene rings is 1. The van der Waals surface area contributed by atoms with Gasteiger partial charge in [0.05, 0.1) is 22.3 Å². The van der Waals surface area contributed by atoms with Crippen molar-refractivity contribution in [2.75, 3.05) is 0 Å². The average Bonchev–Trinajstić information content (AvgIpc) is 3.47. The number of nitrogens with one attached hydrogen (secondary N) is 1. The van der Waals surface area contributed by atoms with Gasteiger partial charge >= 0.3 is 0 Å². The van der Waals surface area contributed by atoms with Crippen molar-refractivity contribution >= 4 is 38.2 Å². The minimum atomic E-state index is -3.99. The summed E-state index contributed by atoms with van der Waals surface area (Å²) in [6.45, 7) is 0. The number of para-hydroxylation sites is 2. The summed E-state index contributed by atoms with van der Waals surface area (Å²) in [5, 5.41) is 1.91. The Morgan fingerprint density at radius 3 is 2.03 bits per heavy atom. The number of nitrogens with zero attached hydrogens (tertiary/aromatic N) is 2. The zero-order valence-corrected chi connectivity index (χ0v) is 18.7. The van der Waals surface area contributed by atoms with E-state index >= 15 is 0 Å². The number of hydrogen-bond acceptors (Lipinski definition) is 5. The second kappa shape index (κ2) is 8.19. The van der Waals surface area contributed by atoms with Crippen molar-refractivity contribution in [2.24, 2.45) is 0 Å². The van der Waals surface area contributed by atoms with E-state index in [1.807, 2.05) is 60.7 Å². The van der Waals surface area contributed by atoms with Crippen molar-refractivity contribution in [3.63, 3.8) is 0 Å². The van der Waals surface area contributed by atoms with Crippen molar-refractivity contribution in [1.82, 2.24) is 14.1 Å². The molecule has 0 unspecified atom stereocenters. The number of amides is 1. The van der Waals surface area contributed by atoms with Gasteiger partial charge in [0.2, 0.25) is 0 Å². The molecule has 2 aromatic heterocycles. The molecular formula is C24H17N3O4S2. The minimum absolute atomic E-state index is 0.0404. The third kappa shape index (κ3) is 3.77. The normalized spacial score (nSPS) is 11.5. The summed E-state index contributed by atoms with van der Waals surface area (Å²) < 4.78 is 30.3. The molecule has 0 atom stereocenters. The monoisotopic (exact) mass is 475 g/mol. The maximum absolute atomic E-state index is 13.5. The molecule has 33 heavy (non-hydrogen) atoms. The van der Waals surface area contributed by atoms with Gasteiger partial charge in [-0.05, 0) is 53.9 Å². The summed E-state index contributed by atoms with van der Waals surface area (Å²) in [5.74, 6) is -0.802. The largest absolute Gasteiger partial charge is 0.279 e. The molecule has 0 saturated heterocycles. The van der Waals surface area contributed by atoms with Gasteiger partial charge in [-0.1, -0.05) is 42.5 Å². The maximum Gasteiger partial charge on any atom is 0.279 e. The zero-order valence-electron chi connectivity index (χ0n) is 17.1. The molecule has 0 aliphatic heterocycles. The minimum Gasteiger partial charge on any atom is -0.268 e. The Morgan fingerprint density at radius 1 is 0.788 bits per heavy atom. The van der Waals surface area contributed by atoms with Gasteiger partial charge in [0.1, 0.15) is 4.21 Å². The van der Waals surface area contributed by atoms with Crippen molar-refractivity contribution < 1.29 is 13.2 Å². The number of rotatable bonds is 5. The highest BCUT2D eigenvalue weighted by atomic mass is 32.2. The Kier molecular flexibility index (Phi) is 5.20. The molecule has 5 rings (SSSR count). The van der Waals surface area contributed by atoms with Crippen molar-refractivity contribution in [1.29, 1.82) is 0 Å². The Morgan fingerprint density at radius 2 is 1.42 bits per heavy atom. The fourth-order valence-corrected chi connectivity index (χ4v) is 5.59. The lowest BCUT2D eigenvalue weighted by Crippen LogP contribution is -2.30. The summed E-state index contributed by atoms with van der Waals surface area (Å²) in [6.07, 6.45) is 0. The van der Waals surface area contributed by atoms with Crippen LogP contribution in [0.3, 0.4) is 0 Å². The predicted octanol–water partition coefficient (Wildman–Crippen LogP) is 3.96. The lowest BCUT2D eigenvalue weighted by atomic mass is 10.1. The van der Waals surface area contributed by atoms with E-state index in [0.29, 0.717) is 16.6 Å². The maximum atomic E-state index is 13.5. The van der Waals surface area contributed by atoms with Crippen LogP contribution in [-0.2, 0) is 10.0 Å². The van der Waals surface area contributed by atoms with Crippen LogP contribution in [0.25, 0.3) is 22.3 Å². The Hall–Kier alpha value is -3.95. The van der Waals surface area contributed by atoms with Crippen molar-refractivity contribution in [3.8, 4) is 11.4 Å². The summed E-state index contributed by atoms with van der Waals surface area (Å²) in [6, 6.07) is 26.2. The summed E-state index contributed by atoms with van der Waals surface area (Å²) >= 11 is 1.01. The summed E-state index contributed by atoms with van der Waals surface area (Å²) in [5.41, 5.74) is 1.77. The second-order valence-corrected chi connectivity index (χ2v) is 10.1. The molecule has 0 fully saturated rings. The molecule has 9 heteroatoms. The number of fused-ring (bicyclic) bond motifs is 1. The van der Waals surface area contributed by atoms with Crippen LogP contribution in [0, 0.1) is 0 Å². The first kappa shape index (κ1) is 20.9. The SMILES string of the molecule is O=C(NS(=O)(=O)c1cccs1)c1ccc2c(c1)c(=O)n(-c1ccccc1)n2-c1ccccc1. The molecule has 0 bridgehead atoms. The number of hydrogen-bond donors (Lipinski definition) is 1. The van der Waals surface area contributed by atoms with E-state index in [-0.39, 0.29) is 15.3 Å². The van der Waals surface area contributed by atoms with Gasteiger partial charge in [0.25, 0.3) is 21.5 Å². The third-order valence-electron chi connectivity index (χ3n) is 5.10. The molecule has 164 valence electrons. The summed E-state index contributed by atoms with van der Waals surface area (Å²) in [7, 11) is -3.99. The Balaban J connectivity index is 1.66. The number of sulfonamides is 1. The highest BCUT2D eigenvalue weighted by Crippen LogP contribution is 2.22. The number of benzene rings is 3. The van der Waals surface area contributed by atoms with Crippen LogP contribution in [0.4, 0.5) is 0 Å². The zero-order chi connectivity index (χ0) is 23.0. The van der Waals surface area contributed by atoms with E-state index in [1.165, 1.54) is 22.9 Å². The number of carbonyl (C=O) groups is 1. The van der Waals surface area contributed by atoms with Crippen molar-refractivity contribution in [3.05, 3.63) is 112 Å². The molecule has 0 aliphatic carbocycles. The lowest BCUT2D eigenvalue weighted by Gasteiger charge is -2.13. The molecule has 7 nitrogen and oxygen atoms in total. The highest BCUT2D eigenvalue weighted by Gasteiger charge is 2.22. The predicted molar refractivity (Wildman–Crippen MR) is 128 cm³/mol. The van der Waals surface area contributed by atoms with E-state index in [2.05, 4.69) is 4.72 Å². The summed E-state index contributed by atoms with van der Waals surface area (Å²) in [4.78, 5) is 26.2. The molecule has 1 N–H and O–H groups in total. The molecule has 3 aromatic carbocycles. The van der Waals surface area contributed by atoms with Gasteiger partial charge < -0.3 is 0 Å². The lowest BCUT2D eigenvalue weighted by molar-refractivity contribution is 0.0981. The molecular weight excluding hydrogens is 458 g/mol. The molecule has 0 aliphatic rings. The molecule has 1 amide bonds. The molecule has 5 aromatic rings. The van der Waals surface area contributed by atoms with Crippen molar-refractivity contribution in [2.45, 2.75) is 4.21 Å². The first-order valence-electron chi connectivity index (χ1n) is 9.95. The van der Waals surface area contributed by atoms with Gasteiger partial charge in [0, 0.05) is 5.56 Å². The van der Waals surface area contributed by atoms with E-state index in [1.54, 1.807) is 22.2 Å².